The first-order chi connectivity index (χ1) is 10.1. The summed E-state index contributed by atoms with van der Waals surface area (Å²) < 4.78 is 5.73. The van der Waals surface area contributed by atoms with Gasteiger partial charge in [-0.15, -0.1) is 11.3 Å². The molecule has 3 N–H and O–H groups in total. The molecule has 1 unspecified atom stereocenters. The number of hydrogen-bond acceptors (Lipinski definition) is 5. The molecule has 0 spiro atoms. The van der Waals surface area contributed by atoms with Crippen molar-refractivity contribution in [3.8, 4) is 5.75 Å². The van der Waals surface area contributed by atoms with E-state index in [1.54, 1.807) is 5.38 Å². The second-order valence-electron chi connectivity index (χ2n) is 4.78. The van der Waals surface area contributed by atoms with Crippen molar-refractivity contribution in [2.24, 2.45) is 5.73 Å². The van der Waals surface area contributed by atoms with Gasteiger partial charge >= 0.3 is 0 Å². The first kappa shape index (κ1) is 15.5. The van der Waals surface area contributed by atoms with Crippen LogP contribution in [0.2, 0.25) is 0 Å². The third-order valence-corrected chi connectivity index (χ3v) is 3.74. The maximum Gasteiger partial charge on any atom is 0.270 e. The summed E-state index contributed by atoms with van der Waals surface area (Å²) in [4.78, 5) is 16.1. The van der Waals surface area contributed by atoms with Crippen molar-refractivity contribution in [3.05, 3.63) is 45.9 Å². The molecule has 5 nitrogen and oxygen atoms in total. The minimum Gasteiger partial charge on any atom is -0.489 e. The first-order valence-electron chi connectivity index (χ1n) is 6.74. The van der Waals surface area contributed by atoms with Crippen LogP contribution in [-0.4, -0.2) is 23.5 Å². The highest BCUT2D eigenvalue weighted by Gasteiger charge is 2.12. The zero-order chi connectivity index (χ0) is 15.2. The fourth-order valence-corrected chi connectivity index (χ4v) is 2.38. The van der Waals surface area contributed by atoms with Crippen LogP contribution < -0.4 is 15.8 Å². The number of rotatable bonds is 6. The molecule has 0 bridgehead atoms. The van der Waals surface area contributed by atoms with Crippen molar-refractivity contribution in [2.75, 3.05) is 6.54 Å². The smallest absolute Gasteiger partial charge is 0.270 e. The van der Waals surface area contributed by atoms with Crippen molar-refractivity contribution < 1.29 is 9.53 Å². The zero-order valence-corrected chi connectivity index (χ0v) is 12.9. The molecule has 1 atom stereocenters. The number of nitrogens with zero attached hydrogens (tertiary/aromatic N) is 1. The summed E-state index contributed by atoms with van der Waals surface area (Å²) in [6.45, 7) is 4.70. The molecular formula is C15H19N3O2S. The Kier molecular flexibility index (Phi) is 5.30. The van der Waals surface area contributed by atoms with E-state index >= 15 is 0 Å². The molecule has 0 aliphatic heterocycles. The van der Waals surface area contributed by atoms with Gasteiger partial charge < -0.3 is 15.8 Å². The Morgan fingerprint density at radius 1 is 1.43 bits per heavy atom. The SMILES string of the molecule is Cc1ccc(OC(C)CNC(=O)c2csc(CN)n2)cc1. The second kappa shape index (κ2) is 7.19. The summed E-state index contributed by atoms with van der Waals surface area (Å²) in [5.74, 6) is 0.590. The van der Waals surface area contributed by atoms with Crippen LogP contribution in [0.3, 0.4) is 0 Å². The molecule has 0 radical (unpaired) electrons. The number of thiazole rings is 1. The summed E-state index contributed by atoms with van der Waals surface area (Å²) in [5, 5.41) is 5.27. The largest absolute Gasteiger partial charge is 0.489 e. The van der Waals surface area contributed by atoms with Gasteiger partial charge in [0, 0.05) is 11.9 Å². The molecule has 2 aromatic rings. The summed E-state index contributed by atoms with van der Waals surface area (Å²) in [6, 6.07) is 7.82. The van der Waals surface area contributed by atoms with Crippen LogP contribution in [0.15, 0.2) is 29.6 Å². The number of hydrogen-bond donors (Lipinski definition) is 2. The fraction of sp³-hybridized carbons (Fsp3) is 0.333. The summed E-state index contributed by atoms with van der Waals surface area (Å²) in [5.41, 5.74) is 7.07. The van der Waals surface area contributed by atoms with E-state index in [0.29, 0.717) is 18.8 Å². The van der Waals surface area contributed by atoms with E-state index in [1.807, 2.05) is 38.1 Å². The molecule has 1 aromatic heterocycles. The first-order valence-corrected chi connectivity index (χ1v) is 7.62. The maximum atomic E-state index is 11.9. The van der Waals surface area contributed by atoms with E-state index in [4.69, 9.17) is 10.5 Å². The quantitative estimate of drug-likeness (QED) is 0.857. The van der Waals surface area contributed by atoms with Gasteiger partial charge in [-0.2, -0.15) is 0 Å². The molecule has 0 aliphatic carbocycles. The van der Waals surface area contributed by atoms with Crippen molar-refractivity contribution >= 4 is 17.2 Å². The minimum atomic E-state index is -0.203. The summed E-state index contributed by atoms with van der Waals surface area (Å²) in [6.07, 6.45) is -0.121. The fourth-order valence-electron chi connectivity index (χ4n) is 1.73. The number of benzene rings is 1. The predicted octanol–water partition coefficient (Wildman–Crippen LogP) is 2.11. The van der Waals surface area contributed by atoms with Crippen molar-refractivity contribution in [2.45, 2.75) is 26.5 Å². The lowest BCUT2D eigenvalue weighted by Gasteiger charge is -2.15. The molecule has 1 amide bonds. The minimum absolute atomic E-state index is 0.121. The predicted molar refractivity (Wildman–Crippen MR) is 83.6 cm³/mol. The lowest BCUT2D eigenvalue weighted by atomic mass is 10.2. The third-order valence-electron chi connectivity index (χ3n) is 2.87. The number of carbonyl (C=O) groups excluding carboxylic acids is 1. The van der Waals surface area contributed by atoms with Crippen LogP contribution in [0.5, 0.6) is 5.75 Å². The second-order valence-corrected chi connectivity index (χ2v) is 5.72. The van der Waals surface area contributed by atoms with Gasteiger partial charge in [0.1, 0.15) is 22.6 Å². The number of carbonyl (C=O) groups is 1. The lowest BCUT2D eigenvalue weighted by Crippen LogP contribution is -2.33. The van der Waals surface area contributed by atoms with Crippen LogP contribution in [0.1, 0.15) is 28.0 Å². The van der Waals surface area contributed by atoms with Gasteiger partial charge in [-0.25, -0.2) is 4.98 Å². The molecule has 0 fully saturated rings. The number of nitrogens with one attached hydrogen (secondary N) is 1. The molecule has 6 heteroatoms. The van der Waals surface area contributed by atoms with E-state index in [0.717, 1.165) is 10.8 Å². The van der Waals surface area contributed by atoms with Crippen LogP contribution >= 0.6 is 11.3 Å². The molecule has 2 rings (SSSR count). The summed E-state index contributed by atoms with van der Waals surface area (Å²) >= 11 is 1.39. The monoisotopic (exact) mass is 305 g/mol. The molecule has 0 saturated carbocycles. The van der Waals surface area contributed by atoms with Crippen LogP contribution in [0, 0.1) is 6.92 Å². The van der Waals surface area contributed by atoms with Gasteiger partial charge in [-0.3, -0.25) is 4.79 Å². The molecule has 21 heavy (non-hydrogen) atoms. The maximum absolute atomic E-state index is 11.9. The van der Waals surface area contributed by atoms with E-state index in [1.165, 1.54) is 16.9 Å². The molecule has 0 aliphatic rings. The van der Waals surface area contributed by atoms with E-state index in [-0.39, 0.29) is 12.0 Å². The average Bonchev–Trinajstić information content (AvgIpc) is 2.96. The van der Waals surface area contributed by atoms with E-state index in [2.05, 4.69) is 10.3 Å². The average molecular weight is 305 g/mol. The van der Waals surface area contributed by atoms with Crippen molar-refractivity contribution in [3.63, 3.8) is 0 Å². The molecule has 1 aromatic carbocycles. The van der Waals surface area contributed by atoms with E-state index < -0.39 is 0 Å². The van der Waals surface area contributed by atoms with Crippen LogP contribution in [0.25, 0.3) is 0 Å². The van der Waals surface area contributed by atoms with Crippen LogP contribution in [-0.2, 0) is 6.54 Å². The van der Waals surface area contributed by atoms with Gasteiger partial charge in [0.25, 0.3) is 5.91 Å². The third kappa shape index (κ3) is 4.54. The van der Waals surface area contributed by atoms with Gasteiger partial charge in [0.2, 0.25) is 0 Å². The Morgan fingerprint density at radius 3 is 2.76 bits per heavy atom. The molecule has 1 heterocycles. The van der Waals surface area contributed by atoms with Gasteiger partial charge in [-0.1, -0.05) is 17.7 Å². The van der Waals surface area contributed by atoms with Gasteiger partial charge in [0.05, 0.1) is 6.54 Å². The Bertz CT molecular complexity index is 595. The Morgan fingerprint density at radius 2 is 2.14 bits per heavy atom. The standard InChI is InChI=1S/C15H19N3O2S/c1-10-3-5-12(6-4-10)20-11(2)8-17-15(19)13-9-21-14(7-16)18-13/h3-6,9,11H,7-8,16H2,1-2H3,(H,17,19). The lowest BCUT2D eigenvalue weighted by molar-refractivity contribution is 0.0928. The van der Waals surface area contributed by atoms with Crippen molar-refractivity contribution in [1.29, 1.82) is 0 Å². The molecular weight excluding hydrogens is 286 g/mol. The number of aromatic nitrogens is 1. The highest BCUT2D eigenvalue weighted by Crippen LogP contribution is 2.13. The Balaban J connectivity index is 1.81. The Labute approximate surface area is 128 Å². The van der Waals surface area contributed by atoms with Crippen molar-refractivity contribution in [1.82, 2.24) is 10.3 Å². The number of nitrogens with two attached hydrogens (primary N) is 1. The number of ether oxygens (including phenoxy) is 1. The normalized spacial score (nSPS) is 12.0. The highest BCUT2D eigenvalue weighted by atomic mass is 32.1. The highest BCUT2D eigenvalue weighted by molar-refractivity contribution is 7.09. The van der Waals surface area contributed by atoms with Gasteiger partial charge in [-0.05, 0) is 26.0 Å². The van der Waals surface area contributed by atoms with E-state index in [9.17, 15) is 4.79 Å². The molecule has 112 valence electrons. The molecule has 0 saturated heterocycles. The van der Waals surface area contributed by atoms with Crippen LogP contribution in [0.4, 0.5) is 0 Å². The number of amides is 1. The topological polar surface area (TPSA) is 77.2 Å². The van der Waals surface area contributed by atoms with Gasteiger partial charge in [0.15, 0.2) is 0 Å². The Hall–Kier alpha value is -1.92. The zero-order valence-electron chi connectivity index (χ0n) is 12.1. The summed E-state index contributed by atoms with van der Waals surface area (Å²) in [7, 11) is 0. The number of aryl methyl sites for hydroxylation is 1.